The monoisotopic (exact) mass is 396 g/mol. The first kappa shape index (κ1) is 19.2. The second kappa shape index (κ2) is 8.00. The van der Waals surface area contributed by atoms with E-state index in [1.54, 1.807) is 30.8 Å². The number of sulfone groups is 1. The number of aliphatic imine (C=N–C) groups is 1. The lowest BCUT2D eigenvalue weighted by atomic mass is 10.2. The molecule has 1 aromatic rings. The van der Waals surface area contributed by atoms with Crippen molar-refractivity contribution in [3.05, 3.63) is 29.8 Å². The second-order valence-corrected chi connectivity index (χ2v) is 9.84. The summed E-state index contributed by atoms with van der Waals surface area (Å²) in [6, 6.07) is 7.18. The van der Waals surface area contributed by atoms with E-state index in [1.807, 2.05) is 12.1 Å². The molecule has 0 N–H and O–H groups in total. The van der Waals surface area contributed by atoms with Crippen LogP contribution < -0.4 is 4.90 Å². The van der Waals surface area contributed by atoms with Crippen molar-refractivity contribution < 1.29 is 17.9 Å². The molecule has 0 unspecified atom stereocenters. The summed E-state index contributed by atoms with van der Waals surface area (Å²) >= 11 is 1.56. The SMILES string of the molecule is CCCCN(C1=N[C@H]2CS(=O)(=O)C[C@H]2S1)c1ccc(C(=O)OCC)cc1. The molecule has 2 aliphatic rings. The average Bonchev–Trinajstić information content (AvgIpc) is 3.09. The number of unbranched alkanes of at least 4 members (excludes halogenated alkanes) is 1. The number of hydrogen-bond donors (Lipinski definition) is 0. The van der Waals surface area contributed by atoms with Gasteiger partial charge < -0.3 is 9.64 Å². The third kappa shape index (κ3) is 4.23. The number of thioether (sulfide) groups is 1. The van der Waals surface area contributed by atoms with Gasteiger partial charge >= 0.3 is 5.97 Å². The molecule has 1 saturated heterocycles. The lowest BCUT2D eigenvalue weighted by Gasteiger charge is -2.24. The van der Waals surface area contributed by atoms with E-state index in [4.69, 9.17) is 9.73 Å². The van der Waals surface area contributed by atoms with Gasteiger partial charge in [-0.3, -0.25) is 4.99 Å². The van der Waals surface area contributed by atoms with Crippen LogP contribution in [0.3, 0.4) is 0 Å². The maximum absolute atomic E-state index is 11.8. The molecule has 0 amide bonds. The van der Waals surface area contributed by atoms with Gasteiger partial charge in [0.15, 0.2) is 15.0 Å². The molecular formula is C18H24N2O4S2. The summed E-state index contributed by atoms with van der Waals surface area (Å²) in [6.45, 7) is 5.08. The molecule has 2 aliphatic heterocycles. The molecule has 0 bridgehead atoms. The highest BCUT2D eigenvalue weighted by Crippen LogP contribution is 2.37. The van der Waals surface area contributed by atoms with Crippen molar-refractivity contribution >= 4 is 38.4 Å². The Bertz CT molecular complexity index is 790. The predicted octanol–water partition coefficient (Wildman–Crippen LogP) is 2.74. The molecule has 0 radical (unpaired) electrons. The van der Waals surface area contributed by atoms with Gasteiger partial charge in [-0.1, -0.05) is 25.1 Å². The Kier molecular flexibility index (Phi) is 5.92. The summed E-state index contributed by atoms with van der Waals surface area (Å²) in [5.74, 6) is 0.0301. The quantitative estimate of drug-likeness (QED) is 0.688. The summed E-state index contributed by atoms with van der Waals surface area (Å²) in [4.78, 5) is 18.7. The minimum Gasteiger partial charge on any atom is -0.462 e. The molecule has 8 heteroatoms. The fraction of sp³-hybridized carbons (Fsp3) is 0.556. The fourth-order valence-corrected chi connectivity index (χ4v) is 6.92. The normalized spacial score (nSPS) is 23.4. The number of carbonyl (C=O) groups excluding carboxylic acids is 1. The third-order valence-electron chi connectivity index (χ3n) is 4.46. The first-order valence-electron chi connectivity index (χ1n) is 8.93. The largest absolute Gasteiger partial charge is 0.462 e. The number of anilines is 1. The van der Waals surface area contributed by atoms with Gasteiger partial charge in [-0.2, -0.15) is 0 Å². The first-order valence-corrected chi connectivity index (χ1v) is 11.6. The highest BCUT2D eigenvalue weighted by atomic mass is 32.2. The number of nitrogens with zero attached hydrogens (tertiary/aromatic N) is 2. The lowest BCUT2D eigenvalue weighted by molar-refractivity contribution is 0.0526. The van der Waals surface area contributed by atoms with E-state index < -0.39 is 9.84 Å². The molecule has 0 spiro atoms. The summed E-state index contributed by atoms with van der Waals surface area (Å²) in [6.07, 6.45) is 2.06. The van der Waals surface area contributed by atoms with Crippen LogP contribution in [-0.4, -0.2) is 55.5 Å². The van der Waals surface area contributed by atoms with Crippen LogP contribution in [0.2, 0.25) is 0 Å². The summed E-state index contributed by atoms with van der Waals surface area (Å²) < 4.78 is 28.6. The van der Waals surface area contributed by atoms with Gasteiger partial charge in [0, 0.05) is 17.5 Å². The summed E-state index contributed by atoms with van der Waals surface area (Å²) in [5.41, 5.74) is 1.48. The van der Waals surface area contributed by atoms with Crippen LogP contribution >= 0.6 is 11.8 Å². The molecule has 0 saturated carbocycles. The number of fused-ring (bicyclic) bond motifs is 1. The molecule has 0 aromatic heterocycles. The van der Waals surface area contributed by atoms with Crippen molar-refractivity contribution in [2.75, 3.05) is 29.6 Å². The van der Waals surface area contributed by atoms with Gasteiger partial charge in [-0.05, 0) is 37.6 Å². The van der Waals surface area contributed by atoms with Crippen LogP contribution in [0, 0.1) is 0 Å². The zero-order chi connectivity index (χ0) is 18.7. The number of hydrogen-bond acceptors (Lipinski definition) is 7. The number of rotatable bonds is 6. The minimum atomic E-state index is -2.95. The molecular weight excluding hydrogens is 372 g/mol. The van der Waals surface area contributed by atoms with Crippen LogP contribution in [-0.2, 0) is 14.6 Å². The Morgan fingerprint density at radius 1 is 1.27 bits per heavy atom. The van der Waals surface area contributed by atoms with Gasteiger partial charge in [0.25, 0.3) is 0 Å². The Balaban J connectivity index is 1.80. The van der Waals surface area contributed by atoms with E-state index in [0.717, 1.165) is 30.2 Å². The van der Waals surface area contributed by atoms with Gasteiger partial charge in [0.05, 0.1) is 29.7 Å². The van der Waals surface area contributed by atoms with Crippen LogP contribution in [0.4, 0.5) is 5.69 Å². The van der Waals surface area contributed by atoms with Gasteiger partial charge in [0.2, 0.25) is 0 Å². The summed E-state index contributed by atoms with van der Waals surface area (Å²) in [7, 11) is -2.95. The van der Waals surface area contributed by atoms with E-state index in [0.29, 0.717) is 12.2 Å². The molecule has 6 nitrogen and oxygen atoms in total. The Hall–Kier alpha value is -1.54. The van der Waals surface area contributed by atoms with Gasteiger partial charge in [-0.15, -0.1) is 0 Å². The van der Waals surface area contributed by atoms with E-state index in [-0.39, 0.29) is 28.8 Å². The molecule has 1 fully saturated rings. The molecule has 26 heavy (non-hydrogen) atoms. The Morgan fingerprint density at radius 3 is 2.62 bits per heavy atom. The number of esters is 1. The molecule has 1 aromatic carbocycles. The second-order valence-electron chi connectivity index (χ2n) is 6.48. The van der Waals surface area contributed by atoms with Gasteiger partial charge in [-0.25, -0.2) is 13.2 Å². The molecule has 2 atom stereocenters. The van der Waals surface area contributed by atoms with Crippen LogP contribution in [0.5, 0.6) is 0 Å². The van der Waals surface area contributed by atoms with Crippen molar-refractivity contribution in [1.82, 2.24) is 0 Å². The predicted molar refractivity (Wildman–Crippen MR) is 106 cm³/mol. The van der Waals surface area contributed by atoms with Crippen molar-refractivity contribution in [1.29, 1.82) is 0 Å². The maximum Gasteiger partial charge on any atom is 0.338 e. The van der Waals surface area contributed by atoms with E-state index in [9.17, 15) is 13.2 Å². The molecule has 2 heterocycles. The van der Waals surface area contributed by atoms with Crippen molar-refractivity contribution in [2.45, 2.75) is 38.0 Å². The fourth-order valence-electron chi connectivity index (χ4n) is 3.11. The van der Waals surface area contributed by atoms with E-state index in [1.165, 1.54) is 0 Å². The lowest BCUT2D eigenvalue weighted by Crippen LogP contribution is -2.29. The highest BCUT2D eigenvalue weighted by Gasteiger charge is 2.43. The first-order chi connectivity index (χ1) is 12.4. The number of ether oxygens (including phenoxy) is 1. The minimum absolute atomic E-state index is 0.0259. The standard InChI is InChI=1S/C18H24N2O4S2/c1-3-5-10-20(14-8-6-13(7-9-14)17(21)24-4-2)18-19-15-11-26(22,23)12-16(15)25-18/h6-9,15-16H,3-5,10-12H2,1-2H3/t15-,16+/m0/s1. The maximum atomic E-state index is 11.8. The average molecular weight is 397 g/mol. The molecule has 3 rings (SSSR count). The smallest absolute Gasteiger partial charge is 0.338 e. The highest BCUT2D eigenvalue weighted by molar-refractivity contribution is 8.15. The Morgan fingerprint density at radius 2 is 2.00 bits per heavy atom. The van der Waals surface area contributed by atoms with Gasteiger partial charge in [0.1, 0.15) is 0 Å². The zero-order valence-electron chi connectivity index (χ0n) is 15.1. The van der Waals surface area contributed by atoms with Crippen LogP contribution in [0.25, 0.3) is 0 Å². The van der Waals surface area contributed by atoms with Crippen LogP contribution in [0.1, 0.15) is 37.0 Å². The van der Waals surface area contributed by atoms with Crippen molar-refractivity contribution in [2.24, 2.45) is 4.99 Å². The van der Waals surface area contributed by atoms with E-state index in [2.05, 4.69) is 11.8 Å². The summed E-state index contributed by atoms with van der Waals surface area (Å²) in [5, 5.41) is 0.908. The zero-order valence-corrected chi connectivity index (χ0v) is 16.7. The number of amidine groups is 1. The van der Waals surface area contributed by atoms with Crippen molar-refractivity contribution in [3.8, 4) is 0 Å². The topological polar surface area (TPSA) is 76.0 Å². The third-order valence-corrected chi connectivity index (χ3v) is 7.71. The number of carbonyl (C=O) groups is 1. The van der Waals surface area contributed by atoms with E-state index >= 15 is 0 Å². The Labute approximate surface area is 158 Å². The molecule has 142 valence electrons. The molecule has 0 aliphatic carbocycles. The number of benzene rings is 1. The van der Waals surface area contributed by atoms with Crippen molar-refractivity contribution in [3.63, 3.8) is 0 Å². The van der Waals surface area contributed by atoms with Crippen LogP contribution in [0.15, 0.2) is 29.3 Å².